The molecular formula is C29H56O2. The van der Waals surface area contributed by atoms with Crippen LogP contribution >= 0.6 is 0 Å². The van der Waals surface area contributed by atoms with Crippen LogP contribution in [0.4, 0.5) is 0 Å². The average molecular weight is 437 g/mol. The molecule has 0 aliphatic rings. The molecule has 2 aromatic rings. The maximum atomic E-state index is 4.54. The Labute approximate surface area is 197 Å². The molecule has 0 unspecified atom stereocenters. The van der Waals surface area contributed by atoms with E-state index in [1.165, 1.54) is 11.1 Å². The van der Waals surface area contributed by atoms with Crippen LogP contribution < -0.4 is 0 Å². The van der Waals surface area contributed by atoms with E-state index in [2.05, 4.69) is 84.0 Å². The number of benzene rings is 2. The van der Waals surface area contributed by atoms with Crippen LogP contribution in [0.1, 0.15) is 94.2 Å². The summed E-state index contributed by atoms with van der Waals surface area (Å²) in [7, 11) is 3.36. The summed E-state index contributed by atoms with van der Waals surface area (Å²) in [6.45, 7) is 26.1. The molecule has 2 heteroatoms. The summed E-state index contributed by atoms with van der Waals surface area (Å²) in [5.41, 5.74) is 2.80. The number of hydrogen-bond donors (Lipinski definition) is 0. The molecule has 2 aromatic carbocycles. The van der Waals surface area contributed by atoms with Crippen molar-refractivity contribution in [3.8, 4) is 0 Å². The highest BCUT2D eigenvalue weighted by Crippen LogP contribution is 2.30. The summed E-state index contributed by atoms with van der Waals surface area (Å²) in [4.78, 5) is 0. The minimum absolute atomic E-state index is 0.0858. The second-order valence-electron chi connectivity index (χ2n) is 5.51. The molecule has 184 valence electrons. The molecular weight excluding hydrogens is 380 g/mol. The van der Waals surface area contributed by atoms with Crippen molar-refractivity contribution in [1.82, 2.24) is 0 Å². The molecule has 0 amide bonds. The molecule has 0 saturated carbocycles. The first kappa shape index (κ1) is 39.8. The number of methoxy groups -OCH3 is 2. The van der Waals surface area contributed by atoms with Gasteiger partial charge in [-0.2, -0.15) is 0 Å². The molecule has 0 fully saturated rings. The quantitative estimate of drug-likeness (QED) is 0.475. The summed E-state index contributed by atoms with van der Waals surface area (Å²) < 4.78 is 9.08. The highest BCUT2D eigenvalue weighted by Gasteiger charge is 2.21. The molecule has 31 heavy (non-hydrogen) atoms. The van der Waals surface area contributed by atoms with Crippen LogP contribution in [0.3, 0.4) is 0 Å². The third-order valence-corrected chi connectivity index (χ3v) is 3.57. The summed E-state index contributed by atoms with van der Waals surface area (Å²) in [6.07, 6.45) is 0. The molecule has 0 atom stereocenters. The second kappa shape index (κ2) is 35.8. The topological polar surface area (TPSA) is 18.5 Å². The van der Waals surface area contributed by atoms with E-state index in [1.54, 1.807) is 14.2 Å². The Morgan fingerprint density at radius 2 is 0.710 bits per heavy atom. The smallest absolute Gasteiger partial charge is 0.0433 e. The van der Waals surface area contributed by atoms with Gasteiger partial charge in [-0.05, 0) is 25.0 Å². The van der Waals surface area contributed by atoms with Gasteiger partial charge in [-0.25, -0.2) is 0 Å². The highest BCUT2D eigenvalue weighted by atomic mass is 16.5. The highest BCUT2D eigenvalue weighted by molar-refractivity contribution is 5.36. The van der Waals surface area contributed by atoms with Crippen molar-refractivity contribution in [2.24, 2.45) is 0 Å². The van der Waals surface area contributed by atoms with Crippen LogP contribution in [0, 0.1) is 0 Å². The number of ether oxygens (including phenoxy) is 2. The summed E-state index contributed by atoms with van der Waals surface area (Å²) in [5, 5.41) is 0. The first-order valence-electron chi connectivity index (χ1n) is 12.1. The Morgan fingerprint density at radius 3 is 0.871 bits per heavy atom. The van der Waals surface area contributed by atoms with Crippen LogP contribution in [0.5, 0.6) is 0 Å². The fourth-order valence-electron chi connectivity index (χ4n) is 1.88. The van der Waals surface area contributed by atoms with Crippen molar-refractivity contribution in [3.05, 3.63) is 71.8 Å². The van der Waals surface area contributed by atoms with E-state index in [9.17, 15) is 0 Å². The average Bonchev–Trinajstić information content (AvgIpc) is 2.90. The van der Waals surface area contributed by atoms with E-state index < -0.39 is 0 Å². The monoisotopic (exact) mass is 436 g/mol. The van der Waals surface area contributed by atoms with Crippen molar-refractivity contribution < 1.29 is 9.47 Å². The summed E-state index contributed by atoms with van der Waals surface area (Å²) >= 11 is 0. The van der Waals surface area contributed by atoms with Crippen LogP contribution in [0.25, 0.3) is 0 Å². The molecule has 0 N–H and O–H groups in total. The third kappa shape index (κ3) is 24.5. The SMILES string of the molecule is CC.CC.CC.CC.CC(C)(c1ccccc1)c1ccccc1.CCOC.CCOC. The van der Waals surface area contributed by atoms with E-state index >= 15 is 0 Å². The molecule has 0 bridgehead atoms. The van der Waals surface area contributed by atoms with Crippen LogP contribution in [-0.2, 0) is 14.9 Å². The molecule has 0 aromatic heterocycles. The van der Waals surface area contributed by atoms with Gasteiger partial charge >= 0.3 is 0 Å². The van der Waals surface area contributed by atoms with Crippen molar-refractivity contribution in [2.75, 3.05) is 27.4 Å². The van der Waals surface area contributed by atoms with Crippen LogP contribution in [0.15, 0.2) is 60.7 Å². The van der Waals surface area contributed by atoms with Gasteiger partial charge in [-0.3, -0.25) is 0 Å². The van der Waals surface area contributed by atoms with Gasteiger partial charge in [0.15, 0.2) is 0 Å². The normalized spacial score (nSPS) is 8.19. The van der Waals surface area contributed by atoms with Gasteiger partial charge in [-0.1, -0.05) is 130 Å². The molecule has 0 aliphatic carbocycles. The fraction of sp³-hybridized carbons (Fsp3) is 0.586. The predicted octanol–water partition coefficient (Wildman–Crippen LogP) is 9.42. The van der Waals surface area contributed by atoms with Crippen LogP contribution in [0.2, 0.25) is 0 Å². The van der Waals surface area contributed by atoms with Gasteiger partial charge in [0.1, 0.15) is 0 Å². The van der Waals surface area contributed by atoms with Gasteiger partial charge in [0.2, 0.25) is 0 Å². The van der Waals surface area contributed by atoms with Crippen molar-refractivity contribution >= 4 is 0 Å². The maximum Gasteiger partial charge on any atom is 0.0433 e. The van der Waals surface area contributed by atoms with Gasteiger partial charge in [0.05, 0.1) is 0 Å². The lowest BCUT2D eigenvalue weighted by Gasteiger charge is -2.25. The maximum absolute atomic E-state index is 4.54. The molecule has 0 saturated heterocycles. The number of hydrogen-bond acceptors (Lipinski definition) is 2. The van der Waals surface area contributed by atoms with E-state index in [1.807, 2.05) is 69.2 Å². The Hall–Kier alpha value is -1.64. The lowest BCUT2D eigenvalue weighted by molar-refractivity contribution is 0.215. The molecule has 2 nitrogen and oxygen atoms in total. The molecule has 2 rings (SSSR count). The van der Waals surface area contributed by atoms with Gasteiger partial charge in [-0.15, -0.1) is 0 Å². The molecule has 0 heterocycles. The second-order valence-corrected chi connectivity index (χ2v) is 5.51. The number of rotatable bonds is 4. The van der Waals surface area contributed by atoms with Gasteiger partial charge in [0, 0.05) is 32.8 Å². The largest absolute Gasteiger partial charge is 0.385 e. The fourth-order valence-corrected chi connectivity index (χ4v) is 1.88. The Balaban J connectivity index is -0.000000118. The van der Waals surface area contributed by atoms with Crippen molar-refractivity contribution in [3.63, 3.8) is 0 Å². The Morgan fingerprint density at radius 1 is 0.516 bits per heavy atom. The Bertz CT molecular complexity index is 429. The first-order chi connectivity index (χ1) is 15.0. The first-order valence-corrected chi connectivity index (χ1v) is 12.1. The van der Waals surface area contributed by atoms with Crippen molar-refractivity contribution in [2.45, 2.75) is 88.5 Å². The lowest BCUT2D eigenvalue weighted by Crippen LogP contribution is -2.18. The molecule has 0 spiro atoms. The molecule has 0 aliphatic heterocycles. The predicted molar refractivity (Wildman–Crippen MR) is 146 cm³/mol. The third-order valence-electron chi connectivity index (χ3n) is 3.57. The standard InChI is InChI=1S/C15H16.2C3H8O.4C2H6/c1-15(2,13-9-5-3-6-10-13)14-11-7-4-8-12-14;2*1-3-4-2;4*1-2/h3-12H,1-2H3;2*3H2,1-2H3;4*1-2H3. The van der Waals surface area contributed by atoms with E-state index in [0.29, 0.717) is 0 Å². The van der Waals surface area contributed by atoms with Crippen LogP contribution in [-0.4, -0.2) is 27.4 Å². The van der Waals surface area contributed by atoms with Gasteiger partial charge in [0.25, 0.3) is 0 Å². The Kier molecular flexibility index (Phi) is 45.9. The zero-order valence-electron chi connectivity index (χ0n) is 23.5. The van der Waals surface area contributed by atoms with Crippen molar-refractivity contribution in [1.29, 1.82) is 0 Å². The minimum atomic E-state index is 0.0858. The lowest BCUT2D eigenvalue weighted by atomic mass is 9.78. The van der Waals surface area contributed by atoms with Gasteiger partial charge < -0.3 is 9.47 Å². The van der Waals surface area contributed by atoms with E-state index in [0.717, 1.165) is 13.2 Å². The zero-order valence-corrected chi connectivity index (χ0v) is 23.5. The summed E-state index contributed by atoms with van der Waals surface area (Å²) in [5.74, 6) is 0. The minimum Gasteiger partial charge on any atom is -0.385 e. The molecule has 0 radical (unpaired) electrons. The zero-order chi connectivity index (χ0) is 25.6. The summed E-state index contributed by atoms with van der Waals surface area (Å²) in [6, 6.07) is 21.3. The van der Waals surface area contributed by atoms with E-state index in [4.69, 9.17) is 0 Å². The van der Waals surface area contributed by atoms with E-state index in [-0.39, 0.29) is 5.41 Å².